The Bertz CT molecular complexity index is 724. The molecule has 0 aromatic heterocycles. The molecule has 2 aromatic carbocycles. The van der Waals surface area contributed by atoms with Crippen molar-refractivity contribution < 1.29 is 44.2 Å². The van der Waals surface area contributed by atoms with Crippen molar-refractivity contribution >= 4 is 5.97 Å². The zero-order chi connectivity index (χ0) is 13.1. The Morgan fingerprint density at radius 1 is 1.00 bits per heavy atom. The molecular formula is C16H11NaO3. The summed E-state index contributed by atoms with van der Waals surface area (Å²) in [7, 11) is 0. The molecule has 0 N–H and O–H groups in total. The third-order valence-electron chi connectivity index (χ3n) is 3.97. The van der Waals surface area contributed by atoms with E-state index in [9.17, 15) is 9.90 Å². The Balaban J connectivity index is 0.00000121. The predicted molar refractivity (Wildman–Crippen MR) is 66.7 cm³/mol. The molecule has 2 unspecified atom stereocenters. The average molecular weight is 274 g/mol. The van der Waals surface area contributed by atoms with Crippen molar-refractivity contribution in [1.82, 2.24) is 0 Å². The number of aryl methyl sites for hydroxylation is 1. The average Bonchev–Trinajstić information content (AvgIpc) is 2.94. The maximum Gasteiger partial charge on any atom is 1.00 e. The van der Waals surface area contributed by atoms with E-state index in [4.69, 9.17) is 4.74 Å². The van der Waals surface area contributed by atoms with Gasteiger partial charge in [-0.15, -0.1) is 0 Å². The third kappa shape index (κ3) is 1.78. The quantitative estimate of drug-likeness (QED) is 0.619. The summed E-state index contributed by atoms with van der Waals surface area (Å²) in [6, 6.07) is 11.4. The number of carboxylic acid groups (broad SMARTS) is 1. The minimum atomic E-state index is -1.14. The first-order valence-corrected chi connectivity index (χ1v) is 6.26. The summed E-state index contributed by atoms with van der Waals surface area (Å²) in [6.45, 7) is 2.05. The first kappa shape index (κ1) is 13.8. The Morgan fingerprint density at radius 3 is 2.30 bits per heavy atom. The van der Waals surface area contributed by atoms with Gasteiger partial charge in [0, 0.05) is 0 Å². The van der Waals surface area contributed by atoms with Gasteiger partial charge in [-0.25, -0.2) is 0 Å². The molecule has 2 atom stereocenters. The first-order chi connectivity index (χ1) is 9.15. The van der Waals surface area contributed by atoms with Crippen LogP contribution >= 0.6 is 0 Å². The van der Waals surface area contributed by atoms with Crippen molar-refractivity contribution in [2.24, 2.45) is 0 Å². The largest absolute Gasteiger partial charge is 1.00 e. The monoisotopic (exact) mass is 274 g/mol. The van der Waals surface area contributed by atoms with E-state index in [-0.39, 0.29) is 47.3 Å². The van der Waals surface area contributed by atoms with Crippen molar-refractivity contribution in [2.75, 3.05) is 0 Å². The van der Waals surface area contributed by atoms with Gasteiger partial charge in [-0.05, 0) is 40.8 Å². The molecule has 3 nitrogen and oxygen atoms in total. The Hall–Kier alpha value is -1.13. The number of hydrogen-bond donors (Lipinski definition) is 0. The number of carboxylic acids is 1. The summed E-state index contributed by atoms with van der Waals surface area (Å²) in [4.78, 5) is 11.0. The fourth-order valence-corrected chi connectivity index (χ4v) is 3.09. The second-order valence-electron chi connectivity index (χ2n) is 5.16. The van der Waals surface area contributed by atoms with Crippen LogP contribution in [0.25, 0.3) is 0 Å². The number of hydrogen-bond acceptors (Lipinski definition) is 3. The minimum Gasteiger partial charge on any atom is -0.545 e. The van der Waals surface area contributed by atoms with Crippen LogP contribution in [0.5, 0.6) is 0 Å². The molecule has 0 aliphatic carbocycles. The van der Waals surface area contributed by atoms with Gasteiger partial charge in [-0.3, -0.25) is 0 Å². The molecule has 2 aliphatic rings. The van der Waals surface area contributed by atoms with E-state index < -0.39 is 5.97 Å². The van der Waals surface area contributed by atoms with Gasteiger partial charge in [0.05, 0.1) is 5.97 Å². The van der Waals surface area contributed by atoms with Crippen LogP contribution in [-0.2, 0) is 4.74 Å². The summed E-state index contributed by atoms with van der Waals surface area (Å²) in [5, 5.41) is 11.0. The molecule has 0 amide bonds. The van der Waals surface area contributed by atoms with E-state index in [1.165, 1.54) is 11.1 Å². The van der Waals surface area contributed by atoms with Crippen LogP contribution in [0.2, 0.25) is 0 Å². The van der Waals surface area contributed by atoms with Crippen LogP contribution in [0, 0.1) is 6.92 Å². The van der Waals surface area contributed by atoms with Crippen molar-refractivity contribution in [1.29, 1.82) is 0 Å². The summed E-state index contributed by atoms with van der Waals surface area (Å²) in [5.41, 5.74) is 5.80. The van der Waals surface area contributed by atoms with E-state index in [2.05, 4.69) is 18.2 Å². The number of carbonyl (C=O) groups is 1. The molecule has 0 radical (unpaired) electrons. The maximum absolute atomic E-state index is 11.0. The van der Waals surface area contributed by atoms with Gasteiger partial charge in [-0.2, -0.15) is 0 Å². The molecule has 20 heavy (non-hydrogen) atoms. The van der Waals surface area contributed by atoms with Crippen LogP contribution in [0.4, 0.5) is 0 Å². The van der Waals surface area contributed by atoms with E-state index in [1.807, 2.05) is 13.0 Å². The number of rotatable bonds is 1. The van der Waals surface area contributed by atoms with Crippen molar-refractivity contribution in [3.63, 3.8) is 0 Å². The number of fused-ring (bicyclic) bond motifs is 8. The van der Waals surface area contributed by atoms with E-state index >= 15 is 0 Å². The molecule has 2 bridgehead atoms. The van der Waals surface area contributed by atoms with E-state index in [1.54, 1.807) is 12.1 Å². The van der Waals surface area contributed by atoms with Crippen LogP contribution in [0.15, 0.2) is 36.4 Å². The molecule has 2 aromatic rings. The normalized spacial score (nSPS) is 21.1. The van der Waals surface area contributed by atoms with Gasteiger partial charge in [0.25, 0.3) is 0 Å². The molecule has 0 saturated carbocycles. The number of ether oxygens (including phenoxy) is 1. The van der Waals surface area contributed by atoms with Gasteiger partial charge < -0.3 is 14.6 Å². The molecule has 94 valence electrons. The number of carbonyl (C=O) groups excluding carboxylic acids is 1. The molecule has 0 fully saturated rings. The van der Waals surface area contributed by atoms with E-state index in [0.29, 0.717) is 0 Å². The Morgan fingerprint density at radius 2 is 1.60 bits per heavy atom. The zero-order valence-corrected chi connectivity index (χ0v) is 13.3. The number of benzene rings is 2. The van der Waals surface area contributed by atoms with Gasteiger partial charge in [0.15, 0.2) is 0 Å². The molecule has 4 heteroatoms. The van der Waals surface area contributed by atoms with Gasteiger partial charge >= 0.3 is 29.6 Å². The van der Waals surface area contributed by atoms with Crippen LogP contribution in [-0.4, -0.2) is 5.97 Å². The summed E-state index contributed by atoms with van der Waals surface area (Å²) in [6.07, 6.45) is -0.180. The van der Waals surface area contributed by atoms with Gasteiger partial charge in [0.2, 0.25) is 0 Å². The molecule has 0 saturated heterocycles. The smallest absolute Gasteiger partial charge is 0.545 e. The predicted octanol–water partition coefficient (Wildman–Crippen LogP) is -1.12. The fraction of sp³-hybridized carbons (Fsp3) is 0.188. The zero-order valence-electron chi connectivity index (χ0n) is 11.3. The molecule has 2 aliphatic heterocycles. The summed E-state index contributed by atoms with van der Waals surface area (Å²) < 4.78 is 5.99. The standard InChI is InChI=1S/C16H12O3.Na/c1-8-2-4-10-12(6-8)15-13-7-9(16(17)18)3-5-11(13)14(10)19-15;/h2-7,14-15H,1H3,(H,17,18);/q;+1/p-1. The number of aromatic carboxylic acids is 1. The fourth-order valence-electron chi connectivity index (χ4n) is 3.09. The minimum absolute atomic E-state index is 0. The van der Waals surface area contributed by atoms with Crippen molar-refractivity contribution in [3.8, 4) is 0 Å². The maximum atomic E-state index is 11.0. The summed E-state index contributed by atoms with van der Waals surface area (Å²) >= 11 is 0. The molecule has 2 heterocycles. The second kappa shape index (κ2) is 4.71. The van der Waals surface area contributed by atoms with Crippen molar-refractivity contribution in [2.45, 2.75) is 19.1 Å². The SMILES string of the molecule is Cc1ccc2c(c1)C1OC2c2ccc(C(=O)[O-])cc21.[Na+]. The Labute approximate surface area is 138 Å². The summed E-state index contributed by atoms with van der Waals surface area (Å²) in [5.74, 6) is -1.14. The van der Waals surface area contributed by atoms with Gasteiger partial charge in [0.1, 0.15) is 12.2 Å². The molecule has 0 spiro atoms. The van der Waals surface area contributed by atoms with Gasteiger partial charge in [-0.1, -0.05) is 35.9 Å². The van der Waals surface area contributed by atoms with Crippen LogP contribution < -0.4 is 34.7 Å². The first-order valence-electron chi connectivity index (χ1n) is 6.26. The topological polar surface area (TPSA) is 49.4 Å². The molecule has 4 rings (SSSR count). The third-order valence-corrected chi connectivity index (χ3v) is 3.97. The molecular weight excluding hydrogens is 263 g/mol. The Kier molecular flexibility index (Phi) is 3.26. The van der Waals surface area contributed by atoms with Crippen LogP contribution in [0.3, 0.4) is 0 Å². The second-order valence-corrected chi connectivity index (χ2v) is 5.16. The van der Waals surface area contributed by atoms with Crippen LogP contribution in [0.1, 0.15) is 50.4 Å². The van der Waals surface area contributed by atoms with Crippen molar-refractivity contribution in [3.05, 3.63) is 69.8 Å². The van der Waals surface area contributed by atoms with E-state index in [0.717, 1.165) is 16.7 Å².